The summed E-state index contributed by atoms with van der Waals surface area (Å²) in [4.78, 5) is 4.21. The molecule has 3 nitrogen and oxygen atoms in total. The van der Waals surface area contributed by atoms with Crippen LogP contribution in [0.3, 0.4) is 0 Å². The van der Waals surface area contributed by atoms with Crippen LogP contribution >= 0.6 is 23.4 Å². The van der Waals surface area contributed by atoms with Crippen LogP contribution in [0.5, 0.6) is 0 Å². The van der Waals surface area contributed by atoms with Gasteiger partial charge in [0.25, 0.3) is 0 Å². The van der Waals surface area contributed by atoms with Crippen LogP contribution < -0.4 is 5.73 Å². The molecule has 0 spiro atoms. The summed E-state index contributed by atoms with van der Waals surface area (Å²) in [6, 6.07) is 11.4. The Labute approximate surface area is 115 Å². The fourth-order valence-electron chi connectivity index (χ4n) is 1.43. The first-order valence-electron chi connectivity index (χ1n) is 5.33. The van der Waals surface area contributed by atoms with Crippen molar-refractivity contribution in [1.29, 1.82) is 5.41 Å². The summed E-state index contributed by atoms with van der Waals surface area (Å²) in [6.45, 7) is 0. The first kappa shape index (κ1) is 12.9. The molecule has 0 aliphatic rings. The van der Waals surface area contributed by atoms with E-state index in [9.17, 15) is 0 Å². The number of nitrogen functional groups attached to an aromatic ring is 1. The maximum Gasteiger partial charge on any atom is 0.122 e. The summed E-state index contributed by atoms with van der Waals surface area (Å²) in [5.74, 6) is 0.877. The molecule has 1 aromatic heterocycles. The largest absolute Gasteiger partial charge is 0.384 e. The van der Waals surface area contributed by atoms with Gasteiger partial charge in [0.2, 0.25) is 0 Å². The van der Waals surface area contributed by atoms with Gasteiger partial charge in [0.15, 0.2) is 0 Å². The highest BCUT2D eigenvalue weighted by Gasteiger charge is 2.01. The molecule has 1 aromatic carbocycles. The molecule has 3 N–H and O–H groups in total. The van der Waals surface area contributed by atoms with E-state index < -0.39 is 0 Å². The highest BCUT2D eigenvalue weighted by atomic mass is 35.5. The summed E-state index contributed by atoms with van der Waals surface area (Å²) >= 11 is 7.40. The third-order valence-electron chi connectivity index (χ3n) is 2.32. The average molecular weight is 278 g/mol. The van der Waals surface area contributed by atoms with Crippen LogP contribution in [0, 0.1) is 5.41 Å². The first-order valence-corrected chi connectivity index (χ1v) is 6.69. The number of rotatable bonds is 4. The van der Waals surface area contributed by atoms with Crippen molar-refractivity contribution in [2.75, 3.05) is 0 Å². The number of nitrogens with zero attached hydrogens (tertiary/aromatic N) is 1. The van der Waals surface area contributed by atoms with E-state index >= 15 is 0 Å². The average Bonchev–Trinajstić information content (AvgIpc) is 2.38. The Morgan fingerprint density at radius 3 is 2.83 bits per heavy atom. The van der Waals surface area contributed by atoms with Crippen molar-refractivity contribution in [3.63, 3.8) is 0 Å². The van der Waals surface area contributed by atoms with Gasteiger partial charge in [0.05, 0.1) is 10.0 Å². The van der Waals surface area contributed by atoms with Crippen molar-refractivity contribution in [3.05, 3.63) is 58.7 Å². The maximum absolute atomic E-state index is 7.40. The van der Waals surface area contributed by atoms with Gasteiger partial charge < -0.3 is 5.73 Å². The van der Waals surface area contributed by atoms with Crippen molar-refractivity contribution in [2.24, 2.45) is 5.73 Å². The molecule has 0 fully saturated rings. The molecule has 0 atom stereocenters. The van der Waals surface area contributed by atoms with Gasteiger partial charge in [-0.3, -0.25) is 5.41 Å². The zero-order valence-electron chi connectivity index (χ0n) is 9.56. The van der Waals surface area contributed by atoms with Gasteiger partial charge in [-0.25, -0.2) is 4.98 Å². The molecule has 0 radical (unpaired) electrons. The van der Waals surface area contributed by atoms with Crippen LogP contribution in [0.15, 0.2) is 47.6 Å². The highest BCUT2D eigenvalue weighted by molar-refractivity contribution is 7.98. The molecule has 92 valence electrons. The molecule has 0 saturated heterocycles. The molecule has 0 saturated carbocycles. The summed E-state index contributed by atoms with van der Waals surface area (Å²) < 4.78 is 0. The Bertz CT molecular complexity index is 554. The Morgan fingerprint density at radius 2 is 2.17 bits per heavy atom. The number of thioether (sulfide) groups is 1. The number of nitrogens with two attached hydrogens (primary N) is 1. The van der Waals surface area contributed by atoms with E-state index in [2.05, 4.69) is 4.98 Å². The van der Waals surface area contributed by atoms with E-state index in [1.165, 1.54) is 0 Å². The van der Waals surface area contributed by atoms with Crippen molar-refractivity contribution < 1.29 is 0 Å². The van der Waals surface area contributed by atoms with Crippen LogP contribution in [-0.2, 0) is 5.75 Å². The highest BCUT2D eigenvalue weighted by Crippen LogP contribution is 2.22. The van der Waals surface area contributed by atoms with E-state index in [0.29, 0.717) is 5.02 Å². The second kappa shape index (κ2) is 5.89. The third kappa shape index (κ3) is 3.48. The molecule has 0 aliphatic heterocycles. The minimum absolute atomic E-state index is 0.0893. The van der Waals surface area contributed by atoms with Crippen molar-refractivity contribution >= 4 is 29.2 Å². The molecule has 1 heterocycles. The van der Waals surface area contributed by atoms with Crippen LogP contribution in [-0.4, -0.2) is 10.8 Å². The Morgan fingerprint density at radius 1 is 1.33 bits per heavy atom. The monoisotopic (exact) mass is 277 g/mol. The molecule has 2 aromatic rings. The minimum Gasteiger partial charge on any atom is -0.384 e. The molecule has 5 heteroatoms. The zero-order chi connectivity index (χ0) is 13.0. The number of pyridine rings is 1. The number of halogens is 1. The minimum atomic E-state index is 0.0893. The van der Waals surface area contributed by atoms with Crippen LogP contribution in [0.25, 0.3) is 0 Å². The van der Waals surface area contributed by atoms with E-state index in [0.717, 1.165) is 21.9 Å². The van der Waals surface area contributed by atoms with Gasteiger partial charge >= 0.3 is 0 Å². The van der Waals surface area contributed by atoms with E-state index in [4.69, 9.17) is 22.7 Å². The van der Waals surface area contributed by atoms with Gasteiger partial charge in [-0.2, -0.15) is 0 Å². The molecular formula is C13H12ClN3S. The molecular weight excluding hydrogens is 266 g/mol. The van der Waals surface area contributed by atoms with Crippen LogP contribution in [0.1, 0.15) is 11.1 Å². The zero-order valence-corrected chi connectivity index (χ0v) is 11.1. The predicted octanol–water partition coefficient (Wildman–Crippen LogP) is 3.31. The summed E-state index contributed by atoms with van der Waals surface area (Å²) in [5.41, 5.74) is 7.32. The summed E-state index contributed by atoms with van der Waals surface area (Å²) in [7, 11) is 0. The van der Waals surface area contributed by atoms with Gasteiger partial charge in [-0.1, -0.05) is 29.8 Å². The molecule has 0 aliphatic carbocycles. The normalized spacial score (nSPS) is 10.3. The summed E-state index contributed by atoms with van der Waals surface area (Å²) in [6.07, 6.45) is 1.63. The lowest BCUT2D eigenvalue weighted by molar-refractivity contribution is 1.13. The second-order valence-electron chi connectivity index (χ2n) is 3.72. The van der Waals surface area contributed by atoms with Crippen LogP contribution in [0.2, 0.25) is 5.02 Å². The predicted molar refractivity (Wildman–Crippen MR) is 76.3 cm³/mol. The van der Waals surface area contributed by atoms with E-state index in [1.807, 2.05) is 36.4 Å². The number of amidine groups is 1. The Hall–Kier alpha value is -1.52. The lowest BCUT2D eigenvalue weighted by Crippen LogP contribution is -2.10. The van der Waals surface area contributed by atoms with Gasteiger partial charge in [-0.15, -0.1) is 11.8 Å². The van der Waals surface area contributed by atoms with Gasteiger partial charge in [-0.05, 0) is 23.8 Å². The second-order valence-corrected chi connectivity index (χ2v) is 5.15. The number of nitrogens with one attached hydrogen (secondary N) is 1. The lowest BCUT2D eigenvalue weighted by Gasteiger charge is -2.04. The lowest BCUT2D eigenvalue weighted by atomic mass is 10.1. The third-order valence-corrected chi connectivity index (χ3v) is 3.56. The van der Waals surface area contributed by atoms with E-state index in [-0.39, 0.29) is 5.84 Å². The molecule has 18 heavy (non-hydrogen) atoms. The van der Waals surface area contributed by atoms with Crippen molar-refractivity contribution in [1.82, 2.24) is 4.98 Å². The van der Waals surface area contributed by atoms with Crippen molar-refractivity contribution in [3.8, 4) is 0 Å². The fraction of sp³-hybridized carbons (Fsp3) is 0.0769. The van der Waals surface area contributed by atoms with Crippen LogP contribution in [0.4, 0.5) is 0 Å². The number of benzene rings is 1. The topological polar surface area (TPSA) is 62.8 Å². The smallest absolute Gasteiger partial charge is 0.122 e. The quantitative estimate of drug-likeness (QED) is 0.512. The molecule has 0 amide bonds. The van der Waals surface area contributed by atoms with Crippen molar-refractivity contribution in [2.45, 2.75) is 10.8 Å². The number of hydrogen-bond donors (Lipinski definition) is 2. The SMILES string of the molecule is N=C(N)c1cccc(CSc2ccc(Cl)cn2)c1. The summed E-state index contributed by atoms with van der Waals surface area (Å²) in [5, 5.41) is 8.96. The maximum atomic E-state index is 7.40. The van der Waals surface area contributed by atoms with E-state index in [1.54, 1.807) is 18.0 Å². The number of aromatic nitrogens is 1. The molecule has 2 rings (SSSR count). The molecule has 0 bridgehead atoms. The standard InChI is InChI=1S/C13H12ClN3S/c14-11-4-5-12(17-7-11)18-8-9-2-1-3-10(6-9)13(15)16/h1-7H,8H2,(H3,15,16). The Balaban J connectivity index is 2.04. The fourth-order valence-corrected chi connectivity index (χ4v) is 2.33. The molecule has 0 unspecified atom stereocenters. The van der Waals surface area contributed by atoms with Gasteiger partial charge in [0.1, 0.15) is 5.84 Å². The first-order chi connectivity index (χ1) is 8.65. The van der Waals surface area contributed by atoms with Gasteiger partial charge in [0, 0.05) is 17.5 Å². The number of hydrogen-bond acceptors (Lipinski definition) is 3. The Kier molecular flexibility index (Phi) is 4.23.